The molecule has 1 aromatic heterocycles. The lowest BCUT2D eigenvalue weighted by Crippen LogP contribution is -2.40. The van der Waals surface area contributed by atoms with Crippen LogP contribution in [0.2, 0.25) is 0 Å². The minimum Gasteiger partial charge on any atom is -0.352 e. The van der Waals surface area contributed by atoms with E-state index >= 15 is 0 Å². The van der Waals surface area contributed by atoms with Crippen LogP contribution in [0.15, 0.2) is 60.9 Å². The number of aryl methyl sites for hydroxylation is 1. The highest BCUT2D eigenvalue weighted by atomic mass is 19.1. The fourth-order valence-electron chi connectivity index (χ4n) is 4.16. The Bertz CT molecular complexity index is 1020. The van der Waals surface area contributed by atoms with Crippen LogP contribution in [-0.4, -0.2) is 33.4 Å². The summed E-state index contributed by atoms with van der Waals surface area (Å²) in [6.45, 7) is 5.52. The molecule has 2 heterocycles. The first-order chi connectivity index (χ1) is 15.1. The fourth-order valence-corrected chi connectivity index (χ4v) is 4.16. The standard InChI is InChI=1S/C25H29FN4O/c1-19-27-11-14-30(19)17-21-6-4-5-20(15-21)16-28-25(31)22-9-12-29(13-10-22)18-23-7-2-3-8-24(23)26/h2-8,11,14-15,22H,9-10,12-13,16-18H2,1H3,(H,28,31). The summed E-state index contributed by atoms with van der Waals surface area (Å²) in [6, 6.07) is 15.2. The van der Waals surface area contributed by atoms with Gasteiger partial charge in [-0.25, -0.2) is 9.37 Å². The molecule has 2 aromatic carbocycles. The average Bonchev–Trinajstić information content (AvgIpc) is 3.19. The number of aromatic nitrogens is 2. The summed E-state index contributed by atoms with van der Waals surface area (Å²) >= 11 is 0. The predicted molar refractivity (Wildman–Crippen MR) is 119 cm³/mol. The van der Waals surface area contributed by atoms with Crippen LogP contribution in [0.1, 0.15) is 35.4 Å². The molecule has 6 heteroatoms. The van der Waals surface area contributed by atoms with E-state index in [9.17, 15) is 9.18 Å². The molecule has 1 N–H and O–H groups in total. The van der Waals surface area contributed by atoms with Crippen molar-refractivity contribution >= 4 is 5.91 Å². The van der Waals surface area contributed by atoms with Crippen LogP contribution in [0.25, 0.3) is 0 Å². The second-order valence-corrected chi connectivity index (χ2v) is 8.28. The van der Waals surface area contributed by atoms with Crippen LogP contribution in [-0.2, 0) is 24.4 Å². The van der Waals surface area contributed by atoms with Gasteiger partial charge in [0.05, 0.1) is 0 Å². The summed E-state index contributed by atoms with van der Waals surface area (Å²) in [5.74, 6) is 0.961. The van der Waals surface area contributed by atoms with Gasteiger partial charge in [-0.1, -0.05) is 42.5 Å². The SMILES string of the molecule is Cc1nccn1Cc1cccc(CNC(=O)C2CCN(Cc3ccccc3F)CC2)c1. The van der Waals surface area contributed by atoms with Crippen molar-refractivity contribution in [3.8, 4) is 0 Å². The second-order valence-electron chi connectivity index (χ2n) is 8.28. The van der Waals surface area contributed by atoms with Gasteiger partial charge in [-0.2, -0.15) is 0 Å². The first-order valence-corrected chi connectivity index (χ1v) is 10.9. The van der Waals surface area contributed by atoms with Gasteiger partial charge < -0.3 is 9.88 Å². The number of carbonyl (C=O) groups is 1. The molecule has 0 bridgehead atoms. The van der Waals surface area contributed by atoms with Crippen molar-refractivity contribution in [1.82, 2.24) is 19.8 Å². The van der Waals surface area contributed by atoms with E-state index in [4.69, 9.17) is 0 Å². The Kier molecular flexibility index (Phi) is 6.77. The van der Waals surface area contributed by atoms with Gasteiger partial charge in [0.25, 0.3) is 0 Å². The summed E-state index contributed by atoms with van der Waals surface area (Å²) in [5.41, 5.74) is 3.01. The highest BCUT2D eigenvalue weighted by Gasteiger charge is 2.25. The average molecular weight is 421 g/mol. The van der Waals surface area contributed by atoms with Crippen molar-refractivity contribution in [2.75, 3.05) is 13.1 Å². The second kappa shape index (κ2) is 9.88. The molecule has 0 spiro atoms. The summed E-state index contributed by atoms with van der Waals surface area (Å²) < 4.78 is 16.0. The minimum absolute atomic E-state index is 0.0219. The van der Waals surface area contributed by atoms with E-state index in [-0.39, 0.29) is 17.6 Å². The summed E-state index contributed by atoms with van der Waals surface area (Å²) in [7, 11) is 0. The van der Waals surface area contributed by atoms with Crippen LogP contribution in [0.3, 0.4) is 0 Å². The van der Waals surface area contributed by atoms with Crippen molar-refractivity contribution in [3.63, 3.8) is 0 Å². The number of piperidine rings is 1. The van der Waals surface area contributed by atoms with E-state index in [2.05, 4.69) is 31.9 Å². The number of benzene rings is 2. The molecule has 3 aromatic rings. The van der Waals surface area contributed by atoms with Crippen LogP contribution >= 0.6 is 0 Å². The molecule has 0 atom stereocenters. The number of nitrogens with one attached hydrogen (secondary N) is 1. The van der Waals surface area contributed by atoms with Crippen LogP contribution in [0, 0.1) is 18.7 Å². The van der Waals surface area contributed by atoms with Gasteiger partial charge in [-0.05, 0) is 50.0 Å². The Morgan fingerprint density at radius 1 is 1.10 bits per heavy atom. The molecule has 0 unspecified atom stereocenters. The predicted octanol–water partition coefficient (Wildman–Crippen LogP) is 3.91. The molecule has 0 aliphatic carbocycles. The zero-order valence-corrected chi connectivity index (χ0v) is 17.9. The van der Waals surface area contributed by atoms with Crippen molar-refractivity contribution in [2.24, 2.45) is 5.92 Å². The van der Waals surface area contributed by atoms with Crippen molar-refractivity contribution in [2.45, 2.75) is 39.4 Å². The maximum absolute atomic E-state index is 13.9. The number of hydrogen-bond acceptors (Lipinski definition) is 3. The molecule has 1 amide bonds. The van der Waals surface area contributed by atoms with Gasteiger partial charge in [-0.3, -0.25) is 9.69 Å². The molecule has 0 saturated carbocycles. The van der Waals surface area contributed by atoms with Crippen LogP contribution < -0.4 is 5.32 Å². The lowest BCUT2D eigenvalue weighted by Gasteiger charge is -2.31. The highest BCUT2D eigenvalue weighted by molar-refractivity contribution is 5.78. The first-order valence-electron chi connectivity index (χ1n) is 10.9. The van der Waals surface area contributed by atoms with Gasteiger partial charge in [0, 0.05) is 43.5 Å². The molecule has 4 rings (SSSR count). The summed E-state index contributed by atoms with van der Waals surface area (Å²) in [4.78, 5) is 19.2. The number of likely N-dealkylation sites (tertiary alicyclic amines) is 1. The zero-order chi connectivity index (χ0) is 21.6. The number of rotatable bonds is 7. The third-order valence-electron chi connectivity index (χ3n) is 6.04. The van der Waals surface area contributed by atoms with E-state index in [0.717, 1.165) is 49.4 Å². The van der Waals surface area contributed by atoms with Crippen molar-refractivity contribution < 1.29 is 9.18 Å². The van der Waals surface area contributed by atoms with E-state index in [1.807, 2.05) is 37.4 Å². The quantitative estimate of drug-likeness (QED) is 0.631. The van der Waals surface area contributed by atoms with E-state index in [1.54, 1.807) is 12.3 Å². The Labute approximate surface area is 182 Å². The Hall–Kier alpha value is -2.99. The Balaban J connectivity index is 1.25. The monoisotopic (exact) mass is 420 g/mol. The molecule has 1 saturated heterocycles. The number of carbonyl (C=O) groups excluding carboxylic acids is 1. The number of hydrogen-bond donors (Lipinski definition) is 1. The van der Waals surface area contributed by atoms with Gasteiger partial charge in [-0.15, -0.1) is 0 Å². The topological polar surface area (TPSA) is 50.2 Å². The Morgan fingerprint density at radius 2 is 1.87 bits per heavy atom. The largest absolute Gasteiger partial charge is 0.352 e. The van der Waals surface area contributed by atoms with Crippen LogP contribution in [0.5, 0.6) is 0 Å². The number of nitrogens with zero attached hydrogens (tertiary/aromatic N) is 3. The normalized spacial score (nSPS) is 15.2. The van der Waals surface area contributed by atoms with E-state index in [0.29, 0.717) is 13.1 Å². The molecular weight excluding hydrogens is 391 g/mol. The smallest absolute Gasteiger partial charge is 0.223 e. The molecule has 1 aliphatic rings. The molecule has 5 nitrogen and oxygen atoms in total. The zero-order valence-electron chi connectivity index (χ0n) is 17.9. The third-order valence-corrected chi connectivity index (χ3v) is 6.04. The van der Waals surface area contributed by atoms with E-state index in [1.165, 1.54) is 11.6 Å². The van der Waals surface area contributed by atoms with Gasteiger partial charge >= 0.3 is 0 Å². The van der Waals surface area contributed by atoms with E-state index < -0.39 is 0 Å². The first kappa shape index (κ1) is 21.2. The summed E-state index contributed by atoms with van der Waals surface area (Å²) in [5, 5.41) is 3.10. The Morgan fingerprint density at radius 3 is 2.61 bits per heavy atom. The molecule has 31 heavy (non-hydrogen) atoms. The molecular formula is C25H29FN4O. The summed E-state index contributed by atoms with van der Waals surface area (Å²) in [6.07, 6.45) is 5.39. The maximum Gasteiger partial charge on any atom is 0.223 e. The molecule has 162 valence electrons. The van der Waals surface area contributed by atoms with Crippen molar-refractivity contribution in [3.05, 3.63) is 89.3 Å². The number of imidazole rings is 1. The fraction of sp³-hybridized carbons (Fsp3) is 0.360. The van der Waals surface area contributed by atoms with Gasteiger partial charge in [0.1, 0.15) is 11.6 Å². The third kappa shape index (κ3) is 5.58. The highest BCUT2D eigenvalue weighted by Crippen LogP contribution is 2.20. The molecule has 1 aliphatic heterocycles. The lowest BCUT2D eigenvalue weighted by molar-refractivity contribution is -0.126. The molecule has 1 fully saturated rings. The minimum atomic E-state index is -0.159. The number of amides is 1. The van der Waals surface area contributed by atoms with Crippen LogP contribution in [0.4, 0.5) is 4.39 Å². The van der Waals surface area contributed by atoms with Gasteiger partial charge in [0.15, 0.2) is 0 Å². The van der Waals surface area contributed by atoms with Gasteiger partial charge in [0.2, 0.25) is 5.91 Å². The molecule has 0 radical (unpaired) electrons. The number of halogens is 1. The van der Waals surface area contributed by atoms with Crippen molar-refractivity contribution in [1.29, 1.82) is 0 Å². The lowest BCUT2D eigenvalue weighted by atomic mass is 9.95. The maximum atomic E-state index is 13.9.